The Kier molecular flexibility index (Phi) is 4.32. The Hall–Kier alpha value is -1.56. The summed E-state index contributed by atoms with van der Waals surface area (Å²) >= 11 is 3.26. The van der Waals surface area contributed by atoms with Gasteiger partial charge in [-0.3, -0.25) is 0 Å². The molecular weight excluding hydrogens is 340 g/mol. The molecule has 0 amide bonds. The Morgan fingerprint density at radius 3 is 2.45 bits per heavy atom. The van der Waals surface area contributed by atoms with Gasteiger partial charge in [0.2, 0.25) is 0 Å². The van der Waals surface area contributed by atoms with Gasteiger partial charge in [-0.15, -0.1) is 13.2 Å². The van der Waals surface area contributed by atoms with Gasteiger partial charge in [0.15, 0.2) is 0 Å². The standard InChI is InChI=1S/C14H9BrF4O/c15-8-10-4-5-11(16)7-13(10)9-2-1-3-12(6-9)20-14(17,18)19/h1-7H,8H2. The van der Waals surface area contributed by atoms with E-state index in [0.717, 1.165) is 5.56 Å². The van der Waals surface area contributed by atoms with Crippen molar-refractivity contribution >= 4 is 15.9 Å². The van der Waals surface area contributed by atoms with Gasteiger partial charge in [0, 0.05) is 5.33 Å². The molecule has 0 saturated carbocycles. The van der Waals surface area contributed by atoms with Gasteiger partial charge in [0.1, 0.15) is 11.6 Å². The maximum absolute atomic E-state index is 13.3. The number of ether oxygens (including phenoxy) is 1. The van der Waals surface area contributed by atoms with Crippen LogP contribution in [0.3, 0.4) is 0 Å². The van der Waals surface area contributed by atoms with Crippen molar-refractivity contribution in [3.8, 4) is 16.9 Å². The van der Waals surface area contributed by atoms with Crippen LogP contribution in [0.5, 0.6) is 5.75 Å². The summed E-state index contributed by atoms with van der Waals surface area (Å²) < 4.78 is 53.8. The maximum atomic E-state index is 13.3. The number of rotatable bonds is 3. The average Bonchev–Trinajstić information content (AvgIpc) is 2.37. The summed E-state index contributed by atoms with van der Waals surface area (Å²) in [6.07, 6.45) is -4.75. The molecule has 0 saturated heterocycles. The molecule has 2 rings (SSSR count). The van der Waals surface area contributed by atoms with E-state index in [2.05, 4.69) is 20.7 Å². The van der Waals surface area contributed by atoms with Gasteiger partial charge in [-0.05, 0) is 41.0 Å². The highest BCUT2D eigenvalue weighted by Gasteiger charge is 2.31. The number of halogens is 5. The summed E-state index contributed by atoms with van der Waals surface area (Å²) in [5.41, 5.74) is 1.76. The summed E-state index contributed by atoms with van der Waals surface area (Å²) in [6.45, 7) is 0. The van der Waals surface area contributed by atoms with Crippen LogP contribution in [0.25, 0.3) is 11.1 Å². The van der Waals surface area contributed by atoms with Crippen molar-refractivity contribution in [1.29, 1.82) is 0 Å². The highest BCUT2D eigenvalue weighted by atomic mass is 79.9. The van der Waals surface area contributed by atoms with Crippen LogP contribution in [0.1, 0.15) is 5.56 Å². The summed E-state index contributed by atoms with van der Waals surface area (Å²) in [4.78, 5) is 0. The summed E-state index contributed by atoms with van der Waals surface area (Å²) in [7, 11) is 0. The predicted molar refractivity (Wildman–Crippen MR) is 71.2 cm³/mol. The van der Waals surface area contributed by atoms with Gasteiger partial charge in [-0.25, -0.2) is 4.39 Å². The van der Waals surface area contributed by atoms with E-state index < -0.39 is 12.2 Å². The highest BCUT2D eigenvalue weighted by molar-refractivity contribution is 9.08. The van der Waals surface area contributed by atoms with E-state index in [1.807, 2.05) is 0 Å². The van der Waals surface area contributed by atoms with Gasteiger partial charge >= 0.3 is 6.36 Å². The number of benzene rings is 2. The van der Waals surface area contributed by atoms with E-state index in [9.17, 15) is 17.6 Å². The second kappa shape index (κ2) is 5.83. The van der Waals surface area contributed by atoms with Gasteiger partial charge in [0.05, 0.1) is 0 Å². The minimum absolute atomic E-state index is 0.334. The molecule has 0 aliphatic carbocycles. The molecule has 0 aliphatic rings. The number of hydrogen-bond acceptors (Lipinski definition) is 1. The van der Waals surface area contributed by atoms with Gasteiger partial charge in [-0.1, -0.05) is 34.1 Å². The minimum atomic E-state index is -4.75. The lowest BCUT2D eigenvalue weighted by atomic mass is 10.0. The van der Waals surface area contributed by atoms with Gasteiger partial charge < -0.3 is 4.74 Å². The molecule has 0 aliphatic heterocycles. The zero-order valence-corrected chi connectivity index (χ0v) is 11.6. The third kappa shape index (κ3) is 3.72. The van der Waals surface area contributed by atoms with Crippen LogP contribution in [0, 0.1) is 5.82 Å². The van der Waals surface area contributed by atoms with Crippen LogP contribution in [-0.2, 0) is 5.33 Å². The Morgan fingerprint density at radius 1 is 1.05 bits per heavy atom. The van der Waals surface area contributed by atoms with Crippen LogP contribution in [-0.4, -0.2) is 6.36 Å². The molecular formula is C14H9BrF4O. The van der Waals surface area contributed by atoms with Crippen molar-refractivity contribution in [2.24, 2.45) is 0 Å². The molecule has 0 spiro atoms. The zero-order chi connectivity index (χ0) is 14.8. The van der Waals surface area contributed by atoms with Gasteiger partial charge in [0.25, 0.3) is 0 Å². The molecule has 0 N–H and O–H groups in total. The van der Waals surface area contributed by atoms with Crippen molar-refractivity contribution in [2.45, 2.75) is 11.7 Å². The largest absolute Gasteiger partial charge is 0.573 e. The quantitative estimate of drug-likeness (QED) is 0.541. The molecule has 2 aromatic carbocycles. The first-order valence-electron chi connectivity index (χ1n) is 5.59. The fourth-order valence-corrected chi connectivity index (χ4v) is 2.28. The first kappa shape index (κ1) is 14.8. The third-order valence-electron chi connectivity index (χ3n) is 2.59. The fourth-order valence-electron chi connectivity index (χ4n) is 1.79. The van der Waals surface area contributed by atoms with Crippen molar-refractivity contribution in [3.05, 3.63) is 53.8 Å². The topological polar surface area (TPSA) is 9.23 Å². The minimum Gasteiger partial charge on any atom is -0.406 e. The van der Waals surface area contributed by atoms with Crippen LogP contribution in [0.4, 0.5) is 17.6 Å². The van der Waals surface area contributed by atoms with Crippen LogP contribution in [0.15, 0.2) is 42.5 Å². The Morgan fingerprint density at radius 2 is 1.80 bits per heavy atom. The molecule has 0 fully saturated rings. The van der Waals surface area contributed by atoms with Crippen LogP contribution >= 0.6 is 15.9 Å². The monoisotopic (exact) mass is 348 g/mol. The highest BCUT2D eigenvalue weighted by Crippen LogP contribution is 2.31. The molecule has 106 valence electrons. The van der Waals surface area contributed by atoms with E-state index in [-0.39, 0.29) is 5.75 Å². The lowest BCUT2D eigenvalue weighted by molar-refractivity contribution is -0.274. The molecule has 0 unspecified atom stereocenters. The molecule has 1 nitrogen and oxygen atoms in total. The fraction of sp³-hybridized carbons (Fsp3) is 0.143. The summed E-state index contributed by atoms with van der Waals surface area (Å²) in [6, 6.07) is 9.62. The molecule has 0 aromatic heterocycles. The molecule has 0 atom stereocenters. The first-order valence-corrected chi connectivity index (χ1v) is 6.72. The molecule has 6 heteroatoms. The normalized spacial score (nSPS) is 11.4. The van der Waals surface area contributed by atoms with E-state index in [4.69, 9.17) is 0 Å². The van der Waals surface area contributed by atoms with Crippen molar-refractivity contribution in [3.63, 3.8) is 0 Å². The van der Waals surface area contributed by atoms with E-state index in [1.54, 1.807) is 12.1 Å². The lowest BCUT2D eigenvalue weighted by Gasteiger charge is -2.12. The van der Waals surface area contributed by atoms with Crippen molar-refractivity contribution in [2.75, 3.05) is 0 Å². The number of hydrogen-bond donors (Lipinski definition) is 0. The van der Waals surface area contributed by atoms with E-state index in [1.165, 1.54) is 30.3 Å². The molecule has 2 aromatic rings. The number of alkyl halides is 4. The Balaban J connectivity index is 2.43. The molecule has 0 radical (unpaired) electrons. The van der Waals surface area contributed by atoms with Crippen LogP contribution < -0.4 is 4.74 Å². The second-order valence-corrected chi connectivity index (χ2v) is 4.57. The molecule has 0 heterocycles. The Labute approximate surface area is 121 Å². The average molecular weight is 349 g/mol. The Bertz CT molecular complexity index is 610. The third-order valence-corrected chi connectivity index (χ3v) is 3.20. The van der Waals surface area contributed by atoms with Gasteiger partial charge in [-0.2, -0.15) is 0 Å². The molecule has 20 heavy (non-hydrogen) atoms. The van der Waals surface area contributed by atoms with Crippen molar-refractivity contribution in [1.82, 2.24) is 0 Å². The van der Waals surface area contributed by atoms with E-state index in [0.29, 0.717) is 16.5 Å². The SMILES string of the molecule is Fc1ccc(CBr)c(-c2cccc(OC(F)(F)F)c2)c1. The van der Waals surface area contributed by atoms with Crippen molar-refractivity contribution < 1.29 is 22.3 Å². The molecule has 0 bridgehead atoms. The summed E-state index contributed by atoms with van der Waals surface area (Å²) in [5.74, 6) is -0.786. The zero-order valence-electron chi connectivity index (χ0n) is 10.0. The second-order valence-electron chi connectivity index (χ2n) is 4.01. The lowest BCUT2D eigenvalue weighted by Crippen LogP contribution is -2.17. The smallest absolute Gasteiger partial charge is 0.406 e. The van der Waals surface area contributed by atoms with Crippen LogP contribution in [0.2, 0.25) is 0 Å². The first-order chi connectivity index (χ1) is 9.39. The maximum Gasteiger partial charge on any atom is 0.573 e. The predicted octanol–water partition coefficient (Wildman–Crippen LogP) is 5.29. The van der Waals surface area contributed by atoms with E-state index >= 15 is 0 Å². The summed E-state index contributed by atoms with van der Waals surface area (Å²) in [5, 5.41) is 0.465.